The lowest BCUT2D eigenvalue weighted by molar-refractivity contribution is -0.136. The maximum absolute atomic E-state index is 13.3. The molecule has 2 aromatic carbocycles. The summed E-state index contributed by atoms with van der Waals surface area (Å²) in [6.07, 6.45) is 3.79. The van der Waals surface area contributed by atoms with Gasteiger partial charge in [-0.1, -0.05) is 36.4 Å². The molecule has 0 aliphatic carbocycles. The lowest BCUT2D eigenvalue weighted by Crippen LogP contribution is -2.42. The number of amides is 2. The fourth-order valence-electron chi connectivity index (χ4n) is 5.21. The Bertz CT molecular complexity index is 906. The van der Waals surface area contributed by atoms with Gasteiger partial charge >= 0.3 is 0 Å². The summed E-state index contributed by atoms with van der Waals surface area (Å²) in [7, 11) is 0. The second-order valence-corrected chi connectivity index (χ2v) is 8.37. The van der Waals surface area contributed by atoms with Crippen LogP contribution in [0.1, 0.15) is 25.7 Å². The van der Waals surface area contributed by atoms with E-state index in [1.807, 2.05) is 34.1 Å². The first-order valence-corrected chi connectivity index (χ1v) is 10.5. The molecule has 0 N–H and O–H groups in total. The molecule has 0 radical (unpaired) electrons. The van der Waals surface area contributed by atoms with Gasteiger partial charge in [-0.15, -0.1) is 0 Å². The first kappa shape index (κ1) is 17.7. The molecule has 5 rings (SSSR count). The Morgan fingerprint density at radius 3 is 2.68 bits per heavy atom. The lowest BCUT2D eigenvalue weighted by Gasteiger charge is -2.27. The van der Waals surface area contributed by atoms with E-state index in [9.17, 15) is 9.59 Å². The van der Waals surface area contributed by atoms with Gasteiger partial charge in [0.05, 0.1) is 11.6 Å². The summed E-state index contributed by atoms with van der Waals surface area (Å²) in [6.45, 7) is 4.42. The minimum absolute atomic E-state index is 0.0621. The van der Waals surface area contributed by atoms with Crippen LogP contribution in [-0.2, 0) is 9.59 Å². The third-order valence-corrected chi connectivity index (χ3v) is 6.65. The van der Waals surface area contributed by atoms with Gasteiger partial charge in [0.15, 0.2) is 0 Å². The molecule has 0 aromatic heterocycles. The zero-order chi connectivity index (χ0) is 19.1. The van der Waals surface area contributed by atoms with Crippen molar-refractivity contribution in [1.29, 1.82) is 0 Å². The van der Waals surface area contributed by atoms with Gasteiger partial charge in [-0.3, -0.25) is 14.5 Å². The van der Waals surface area contributed by atoms with E-state index in [1.165, 1.54) is 19.4 Å². The number of anilines is 1. The number of benzene rings is 2. The number of carbonyl (C=O) groups excluding carboxylic acids is 2. The lowest BCUT2D eigenvalue weighted by atomic mass is 10.1. The van der Waals surface area contributed by atoms with E-state index in [0.29, 0.717) is 19.0 Å². The molecule has 0 spiro atoms. The molecule has 3 saturated heterocycles. The average Bonchev–Trinajstić information content (AvgIpc) is 3.27. The monoisotopic (exact) mass is 377 g/mol. The van der Waals surface area contributed by atoms with E-state index in [2.05, 4.69) is 23.1 Å². The fourth-order valence-corrected chi connectivity index (χ4v) is 5.21. The Morgan fingerprint density at radius 1 is 0.929 bits per heavy atom. The van der Waals surface area contributed by atoms with Crippen LogP contribution >= 0.6 is 0 Å². The minimum atomic E-state index is -0.223. The van der Waals surface area contributed by atoms with Crippen LogP contribution in [-0.4, -0.2) is 60.4 Å². The Balaban J connectivity index is 1.35. The van der Waals surface area contributed by atoms with Crippen molar-refractivity contribution >= 4 is 28.3 Å². The average molecular weight is 377 g/mol. The Morgan fingerprint density at radius 2 is 1.75 bits per heavy atom. The van der Waals surface area contributed by atoms with Gasteiger partial charge in [-0.2, -0.15) is 0 Å². The highest BCUT2D eigenvalue weighted by molar-refractivity contribution is 6.07. The number of hydrogen-bond acceptors (Lipinski definition) is 3. The van der Waals surface area contributed by atoms with Crippen molar-refractivity contribution in [3.63, 3.8) is 0 Å². The molecule has 2 aromatic rings. The van der Waals surface area contributed by atoms with Crippen molar-refractivity contribution in [2.75, 3.05) is 37.6 Å². The number of nitrogens with zero attached hydrogens (tertiary/aromatic N) is 3. The standard InChI is InChI=1S/C23H27N3O2/c27-22-14-18(23(28)25-13-5-12-24-11-4-8-19(24)16-25)15-26(22)21-10-3-7-17-6-1-2-9-20(17)21/h1-3,6-7,9-10,18-19H,4-5,8,11-16H2/t18-,19-/m1/s1. The topological polar surface area (TPSA) is 43.9 Å². The Labute approximate surface area is 165 Å². The highest BCUT2D eigenvalue weighted by Gasteiger charge is 2.39. The van der Waals surface area contributed by atoms with Gasteiger partial charge in [0, 0.05) is 44.0 Å². The van der Waals surface area contributed by atoms with Crippen molar-refractivity contribution in [2.24, 2.45) is 5.92 Å². The molecule has 2 atom stereocenters. The van der Waals surface area contributed by atoms with Crippen LogP contribution in [0.5, 0.6) is 0 Å². The van der Waals surface area contributed by atoms with Crippen LogP contribution in [0.3, 0.4) is 0 Å². The number of fused-ring (bicyclic) bond motifs is 2. The third-order valence-electron chi connectivity index (χ3n) is 6.65. The maximum atomic E-state index is 13.3. The first-order valence-electron chi connectivity index (χ1n) is 10.5. The molecule has 146 valence electrons. The summed E-state index contributed by atoms with van der Waals surface area (Å²) in [4.78, 5) is 32.5. The molecule has 0 unspecified atom stereocenters. The van der Waals surface area contributed by atoms with Gasteiger partial charge in [0.2, 0.25) is 11.8 Å². The zero-order valence-corrected chi connectivity index (χ0v) is 16.2. The van der Waals surface area contributed by atoms with Crippen LogP contribution in [0, 0.1) is 5.92 Å². The molecule has 3 aliphatic heterocycles. The van der Waals surface area contributed by atoms with Crippen molar-refractivity contribution in [3.8, 4) is 0 Å². The molecule has 3 heterocycles. The second kappa shape index (κ2) is 7.21. The molecule has 28 heavy (non-hydrogen) atoms. The minimum Gasteiger partial charge on any atom is -0.341 e. The van der Waals surface area contributed by atoms with E-state index in [-0.39, 0.29) is 17.7 Å². The van der Waals surface area contributed by atoms with Crippen molar-refractivity contribution in [2.45, 2.75) is 31.7 Å². The highest BCUT2D eigenvalue weighted by Crippen LogP contribution is 2.33. The Hall–Kier alpha value is -2.40. The second-order valence-electron chi connectivity index (χ2n) is 8.37. The van der Waals surface area contributed by atoms with Crippen molar-refractivity contribution in [1.82, 2.24) is 9.80 Å². The van der Waals surface area contributed by atoms with Crippen LogP contribution in [0.4, 0.5) is 5.69 Å². The fraction of sp³-hybridized carbons (Fsp3) is 0.478. The van der Waals surface area contributed by atoms with E-state index in [0.717, 1.165) is 42.5 Å². The summed E-state index contributed by atoms with van der Waals surface area (Å²) < 4.78 is 0. The normalized spacial score (nSPS) is 25.9. The van der Waals surface area contributed by atoms with Gasteiger partial charge < -0.3 is 9.80 Å². The highest BCUT2D eigenvalue weighted by atomic mass is 16.2. The molecule has 0 bridgehead atoms. The number of rotatable bonds is 2. The summed E-state index contributed by atoms with van der Waals surface area (Å²) in [5.41, 5.74) is 0.927. The molecular weight excluding hydrogens is 350 g/mol. The smallest absolute Gasteiger partial charge is 0.228 e. The number of hydrogen-bond donors (Lipinski definition) is 0. The Kier molecular flexibility index (Phi) is 4.55. The molecular formula is C23H27N3O2. The SMILES string of the molecule is O=C([C@@H]1CC(=O)N(c2cccc3ccccc23)C1)N1CCCN2CCC[C@@H]2C1. The van der Waals surface area contributed by atoms with Gasteiger partial charge in [-0.05, 0) is 37.3 Å². The molecule has 3 aliphatic rings. The number of carbonyl (C=O) groups is 2. The maximum Gasteiger partial charge on any atom is 0.228 e. The largest absolute Gasteiger partial charge is 0.341 e. The predicted octanol–water partition coefficient (Wildman–Crippen LogP) is 2.89. The molecule has 5 nitrogen and oxygen atoms in total. The quantitative estimate of drug-likeness (QED) is 0.808. The first-order chi connectivity index (χ1) is 13.7. The summed E-state index contributed by atoms with van der Waals surface area (Å²) in [5.74, 6) is 0.0104. The van der Waals surface area contributed by atoms with Gasteiger partial charge in [0.25, 0.3) is 0 Å². The van der Waals surface area contributed by atoms with Crippen molar-refractivity contribution < 1.29 is 9.59 Å². The van der Waals surface area contributed by atoms with Crippen LogP contribution in [0.15, 0.2) is 42.5 Å². The molecule has 5 heteroatoms. The predicted molar refractivity (Wildman–Crippen MR) is 110 cm³/mol. The van der Waals surface area contributed by atoms with Gasteiger partial charge in [-0.25, -0.2) is 0 Å². The molecule has 2 amide bonds. The van der Waals surface area contributed by atoms with E-state index < -0.39 is 0 Å². The van der Waals surface area contributed by atoms with E-state index in [4.69, 9.17) is 0 Å². The van der Waals surface area contributed by atoms with E-state index in [1.54, 1.807) is 0 Å². The summed E-state index contributed by atoms with van der Waals surface area (Å²) >= 11 is 0. The molecule has 3 fully saturated rings. The van der Waals surface area contributed by atoms with E-state index >= 15 is 0 Å². The van der Waals surface area contributed by atoms with Crippen molar-refractivity contribution in [3.05, 3.63) is 42.5 Å². The third kappa shape index (κ3) is 3.08. The zero-order valence-electron chi connectivity index (χ0n) is 16.2. The van der Waals surface area contributed by atoms with Crippen LogP contribution in [0.25, 0.3) is 10.8 Å². The van der Waals surface area contributed by atoms with Gasteiger partial charge in [0.1, 0.15) is 0 Å². The van der Waals surface area contributed by atoms with Crippen LogP contribution in [0.2, 0.25) is 0 Å². The summed E-state index contributed by atoms with van der Waals surface area (Å²) in [6, 6.07) is 14.7. The molecule has 0 saturated carbocycles. The van der Waals surface area contributed by atoms with Crippen LogP contribution < -0.4 is 4.90 Å². The summed E-state index contributed by atoms with van der Waals surface area (Å²) in [5, 5.41) is 2.19.